The standard InChI is InChI=1S/C14H12O2.C5H9NO/c15-14(13-9-5-2-6-10-13)16-11-12-7-3-1-4-8-12;1-6-4-2-3-5(6)7/h1-10H,11H2;2-4H2,1H3. The summed E-state index contributed by atoms with van der Waals surface area (Å²) in [6.07, 6.45) is 1.81. The molecule has 1 aliphatic rings. The van der Waals surface area contributed by atoms with E-state index in [4.69, 9.17) is 4.74 Å². The normalized spacial score (nSPS) is 13.3. The van der Waals surface area contributed by atoms with E-state index in [-0.39, 0.29) is 5.97 Å². The minimum absolute atomic E-state index is 0.288. The first-order chi connectivity index (χ1) is 11.2. The van der Waals surface area contributed by atoms with Gasteiger partial charge in [-0.2, -0.15) is 0 Å². The van der Waals surface area contributed by atoms with E-state index in [0.717, 1.165) is 24.9 Å². The van der Waals surface area contributed by atoms with Crippen molar-refractivity contribution >= 4 is 11.9 Å². The molecule has 120 valence electrons. The highest BCUT2D eigenvalue weighted by Gasteiger charge is 2.14. The van der Waals surface area contributed by atoms with E-state index in [2.05, 4.69) is 0 Å². The molecule has 4 nitrogen and oxygen atoms in total. The van der Waals surface area contributed by atoms with Crippen molar-refractivity contribution in [2.24, 2.45) is 0 Å². The maximum absolute atomic E-state index is 11.6. The van der Waals surface area contributed by atoms with Crippen molar-refractivity contribution in [2.75, 3.05) is 13.6 Å². The highest BCUT2D eigenvalue weighted by Crippen LogP contribution is 2.06. The molecule has 1 amide bonds. The van der Waals surface area contributed by atoms with Gasteiger partial charge >= 0.3 is 5.97 Å². The van der Waals surface area contributed by atoms with Crippen molar-refractivity contribution in [3.63, 3.8) is 0 Å². The van der Waals surface area contributed by atoms with E-state index < -0.39 is 0 Å². The van der Waals surface area contributed by atoms with Crippen LogP contribution in [0.25, 0.3) is 0 Å². The number of nitrogens with zero attached hydrogens (tertiary/aromatic N) is 1. The van der Waals surface area contributed by atoms with Crippen molar-refractivity contribution in [3.05, 3.63) is 71.8 Å². The van der Waals surface area contributed by atoms with Crippen LogP contribution in [0.2, 0.25) is 0 Å². The van der Waals surface area contributed by atoms with Crippen molar-refractivity contribution in [2.45, 2.75) is 19.4 Å². The van der Waals surface area contributed by atoms with E-state index >= 15 is 0 Å². The molecule has 0 spiro atoms. The van der Waals surface area contributed by atoms with Gasteiger partial charge in [-0.15, -0.1) is 0 Å². The lowest BCUT2D eigenvalue weighted by molar-refractivity contribution is -0.126. The van der Waals surface area contributed by atoms with Gasteiger partial charge in [0.15, 0.2) is 0 Å². The zero-order chi connectivity index (χ0) is 16.5. The Morgan fingerprint density at radius 2 is 1.65 bits per heavy atom. The molecule has 2 aromatic carbocycles. The number of benzene rings is 2. The van der Waals surface area contributed by atoms with Crippen molar-refractivity contribution in [1.29, 1.82) is 0 Å². The third-order valence-corrected chi connectivity index (χ3v) is 3.53. The van der Waals surface area contributed by atoms with Crippen LogP contribution >= 0.6 is 0 Å². The molecule has 1 fully saturated rings. The summed E-state index contributed by atoms with van der Waals surface area (Å²) in [5.74, 6) is 0.00412. The Bertz CT molecular complexity index is 626. The Kier molecular flexibility index (Phi) is 6.36. The molecule has 1 heterocycles. The first-order valence-electron chi connectivity index (χ1n) is 7.67. The van der Waals surface area contributed by atoms with Gasteiger partial charge in [0.05, 0.1) is 5.56 Å². The second kappa shape index (κ2) is 8.73. The summed E-state index contributed by atoms with van der Waals surface area (Å²) in [5, 5.41) is 0. The Labute approximate surface area is 136 Å². The number of hydrogen-bond donors (Lipinski definition) is 0. The van der Waals surface area contributed by atoms with Crippen LogP contribution in [-0.4, -0.2) is 30.4 Å². The number of amides is 1. The fourth-order valence-electron chi connectivity index (χ4n) is 2.16. The van der Waals surface area contributed by atoms with Gasteiger partial charge in [0.1, 0.15) is 6.61 Å². The first-order valence-corrected chi connectivity index (χ1v) is 7.67. The summed E-state index contributed by atoms with van der Waals surface area (Å²) in [4.78, 5) is 23.9. The van der Waals surface area contributed by atoms with E-state index in [9.17, 15) is 9.59 Å². The zero-order valence-electron chi connectivity index (χ0n) is 13.3. The Morgan fingerprint density at radius 1 is 1.04 bits per heavy atom. The SMILES string of the molecule is CN1CCCC1=O.O=C(OCc1ccccc1)c1ccccc1. The molecule has 23 heavy (non-hydrogen) atoms. The predicted molar refractivity (Wildman–Crippen MR) is 88.9 cm³/mol. The lowest BCUT2D eigenvalue weighted by atomic mass is 10.2. The van der Waals surface area contributed by atoms with Gasteiger partial charge in [-0.1, -0.05) is 48.5 Å². The number of rotatable bonds is 3. The molecule has 0 N–H and O–H groups in total. The summed E-state index contributed by atoms with van der Waals surface area (Å²) in [6.45, 7) is 1.27. The average molecular weight is 311 g/mol. The average Bonchev–Trinajstić information content (AvgIpc) is 2.98. The smallest absolute Gasteiger partial charge is 0.338 e. The minimum atomic E-state index is -0.288. The molecule has 0 aliphatic carbocycles. The van der Waals surface area contributed by atoms with Crippen LogP contribution < -0.4 is 0 Å². The lowest BCUT2D eigenvalue weighted by Gasteiger charge is -2.04. The van der Waals surface area contributed by atoms with E-state index in [1.54, 1.807) is 17.0 Å². The zero-order valence-corrected chi connectivity index (χ0v) is 13.3. The molecule has 1 saturated heterocycles. The van der Waals surface area contributed by atoms with Crippen LogP contribution in [0, 0.1) is 0 Å². The summed E-state index contributed by atoms with van der Waals surface area (Å²) in [5.41, 5.74) is 1.57. The topological polar surface area (TPSA) is 46.6 Å². The molecule has 0 aromatic heterocycles. The minimum Gasteiger partial charge on any atom is -0.457 e. The van der Waals surface area contributed by atoms with Crippen LogP contribution in [-0.2, 0) is 16.1 Å². The monoisotopic (exact) mass is 311 g/mol. The third kappa shape index (κ3) is 5.58. The van der Waals surface area contributed by atoms with E-state index in [1.165, 1.54) is 0 Å². The molecular weight excluding hydrogens is 290 g/mol. The quantitative estimate of drug-likeness (QED) is 0.817. The number of esters is 1. The molecular formula is C19H21NO3. The molecule has 4 heteroatoms. The number of carbonyl (C=O) groups is 2. The second-order valence-electron chi connectivity index (χ2n) is 5.35. The van der Waals surface area contributed by atoms with Gasteiger partial charge in [0.25, 0.3) is 0 Å². The molecule has 0 atom stereocenters. The summed E-state index contributed by atoms with van der Waals surface area (Å²) in [6, 6.07) is 18.6. The fourth-order valence-corrected chi connectivity index (χ4v) is 2.16. The van der Waals surface area contributed by atoms with Crippen LogP contribution in [0.1, 0.15) is 28.8 Å². The van der Waals surface area contributed by atoms with Gasteiger partial charge in [-0.05, 0) is 24.1 Å². The Hall–Kier alpha value is -2.62. The number of ether oxygens (including phenoxy) is 1. The summed E-state index contributed by atoms with van der Waals surface area (Å²) < 4.78 is 5.18. The maximum Gasteiger partial charge on any atom is 0.338 e. The van der Waals surface area contributed by atoms with Gasteiger partial charge in [-0.25, -0.2) is 4.79 Å². The molecule has 0 unspecified atom stereocenters. The number of carbonyl (C=O) groups excluding carboxylic acids is 2. The first kappa shape index (κ1) is 16.7. The molecule has 0 radical (unpaired) electrons. The van der Waals surface area contributed by atoms with Gasteiger partial charge in [0, 0.05) is 20.0 Å². The fraction of sp³-hybridized carbons (Fsp3) is 0.263. The maximum atomic E-state index is 11.6. The molecule has 1 aliphatic heterocycles. The lowest BCUT2D eigenvalue weighted by Crippen LogP contribution is -2.17. The second-order valence-corrected chi connectivity index (χ2v) is 5.35. The Balaban J connectivity index is 0.000000229. The van der Waals surface area contributed by atoms with Crippen LogP contribution in [0.3, 0.4) is 0 Å². The van der Waals surface area contributed by atoms with Crippen LogP contribution in [0.15, 0.2) is 60.7 Å². The highest BCUT2D eigenvalue weighted by atomic mass is 16.5. The van der Waals surface area contributed by atoms with Crippen molar-refractivity contribution in [3.8, 4) is 0 Å². The van der Waals surface area contributed by atoms with E-state index in [0.29, 0.717) is 18.1 Å². The number of likely N-dealkylation sites (tertiary alicyclic amines) is 1. The molecule has 2 aromatic rings. The third-order valence-electron chi connectivity index (χ3n) is 3.53. The van der Waals surface area contributed by atoms with Gasteiger partial charge in [0.2, 0.25) is 5.91 Å². The number of hydrogen-bond acceptors (Lipinski definition) is 3. The van der Waals surface area contributed by atoms with Crippen molar-refractivity contribution in [1.82, 2.24) is 4.90 Å². The van der Waals surface area contributed by atoms with Crippen LogP contribution in [0.4, 0.5) is 0 Å². The largest absolute Gasteiger partial charge is 0.457 e. The Morgan fingerprint density at radius 3 is 2.13 bits per heavy atom. The van der Waals surface area contributed by atoms with Crippen molar-refractivity contribution < 1.29 is 14.3 Å². The highest BCUT2D eigenvalue weighted by molar-refractivity contribution is 5.89. The summed E-state index contributed by atoms with van der Waals surface area (Å²) in [7, 11) is 1.84. The molecule has 0 saturated carbocycles. The summed E-state index contributed by atoms with van der Waals surface area (Å²) >= 11 is 0. The van der Waals surface area contributed by atoms with Crippen LogP contribution in [0.5, 0.6) is 0 Å². The predicted octanol–water partition coefficient (Wildman–Crippen LogP) is 3.28. The van der Waals surface area contributed by atoms with E-state index in [1.807, 2.05) is 55.6 Å². The molecule has 0 bridgehead atoms. The van der Waals surface area contributed by atoms with Gasteiger partial charge in [-0.3, -0.25) is 4.79 Å². The van der Waals surface area contributed by atoms with Gasteiger partial charge < -0.3 is 9.64 Å². The molecule has 3 rings (SSSR count).